The van der Waals surface area contributed by atoms with Gasteiger partial charge in [-0.3, -0.25) is 0 Å². The standard InChI is InChI=1S/C19H16O3/c20-16-9-12-19(18(16)10-1-2-11-18)21-14-7-3-5-13-6-4-8-15(22-19)17(13)14/h1-9,12,16,20H,10-11H2. The van der Waals surface area contributed by atoms with Gasteiger partial charge in [0.25, 0.3) is 5.79 Å². The van der Waals surface area contributed by atoms with Crippen LogP contribution in [-0.2, 0) is 0 Å². The topological polar surface area (TPSA) is 38.7 Å². The number of benzene rings is 2. The van der Waals surface area contributed by atoms with Crippen LogP contribution >= 0.6 is 0 Å². The fourth-order valence-corrected chi connectivity index (χ4v) is 4.03. The maximum Gasteiger partial charge on any atom is 0.280 e. The minimum absolute atomic E-state index is 0.470. The number of aliphatic hydroxyl groups is 1. The normalized spacial score (nSPS) is 25.8. The molecule has 2 aliphatic carbocycles. The number of rotatable bonds is 0. The fraction of sp³-hybridized carbons (Fsp3) is 0.263. The monoisotopic (exact) mass is 292 g/mol. The predicted octanol–water partition coefficient (Wildman–Crippen LogP) is 3.57. The van der Waals surface area contributed by atoms with Crippen molar-refractivity contribution in [1.29, 1.82) is 0 Å². The summed E-state index contributed by atoms with van der Waals surface area (Å²) in [5.41, 5.74) is -0.470. The van der Waals surface area contributed by atoms with E-state index in [0.717, 1.165) is 35.1 Å². The lowest BCUT2D eigenvalue weighted by molar-refractivity contribution is -0.182. The van der Waals surface area contributed by atoms with Crippen LogP contribution in [0.15, 0.2) is 60.7 Å². The average Bonchev–Trinajstić information content (AvgIpc) is 3.12. The van der Waals surface area contributed by atoms with E-state index in [1.807, 2.05) is 30.3 Å². The van der Waals surface area contributed by atoms with Gasteiger partial charge in [-0.05, 0) is 36.4 Å². The summed E-state index contributed by atoms with van der Waals surface area (Å²) in [5, 5.41) is 12.7. The first kappa shape index (κ1) is 12.3. The summed E-state index contributed by atoms with van der Waals surface area (Å²) in [4.78, 5) is 0. The summed E-state index contributed by atoms with van der Waals surface area (Å²) in [7, 11) is 0. The number of allylic oxidation sites excluding steroid dienone is 2. The van der Waals surface area contributed by atoms with Crippen molar-refractivity contribution >= 4 is 10.8 Å². The molecule has 0 bridgehead atoms. The summed E-state index contributed by atoms with van der Waals surface area (Å²) in [6, 6.07) is 12.1. The molecule has 0 fully saturated rings. The lowest BCUT2D eigenvalue weighted by atomic mass is 9.75. The quantitative estimate of drug-likeness (QED) is 0.754. The Hall–Kier alpha value is -2.26. The predicted molar refractivity (Wildman–Crippen MR) is 83.9 cm³/mol. The van der Waals surface area contributed by atoms with Gasteiger partial charge in [-0.25, -0.2) is 0 Å². The van der Waals surface area contributed by atoms with Crippen molar-refractivity contribution in [1.82, 2.24) is 0 Å². The van der Waals surface area contributed by atoms with Crippen LogP contribution in [0.3, 0.4) is 0 Å². The first-order valence-corrected chi connectivity index (χ1v) is 7.66. The molecule has 1 heterocycles. The summed E-state index contributed by atoms with van der Waals surface area (Å²) in [6.45, 7) is 0. The summed E-state index contributed by atoms with van der Waals surface area (Å²) >= 11 is 0. The summed E-state index contributed by atoms with van der Waals surface area (Å²) in [6.07, 6.45) is 8.84. The van der Waals surface area contributed by atoms with Crippen LogP contribution in [0.1, 0.15) is 12.8 Å². The molecule has 1 N–H and O–H groups in total. The molecular weight excluding hydrogens is 276 g/mol. The van der Waals surface area contributed by atoms with Crippen molar-refractivity contribution in [2.45, 2.75) is 24.7 Å². The van der Waals surface area contributed by atoms with Gasteiger partial charge in [0, 0.05) is 0 Å². The largest absolute Gasteiger partial charge is 0.447 e. The second-order valence-electron chi connectivity index (χ2n) is 6.32. The second kappa shape index (κ2) is 3.93. The van der Waals surface area contributed by atoms with Crippen molar-refractivity contribution in [2.24, 2.45) is 5.41 Å². The van der Waals surface area contributed by atoms with Gasteiger partial charge in [-0.15, -0.1) is 0 Å². The summed E-state index contributed by atoms with van der Waals surface area (Å²) < 4.78 is 12.7. The molecule has 0 saturated heterocycles. The van der Waals surface area contributed by atoms with E-state index < -0.39 is 17.3 Å². The SMILES string of the molecule is OC1C=CC2(Oc3cccc4cccc(c34)O2)C12CC=CC2. The molecule has 0 radical (unpaired) electrons. The third-order valence-electron chi connectivity index (χ3n) is 5.24. The molecule has 3 nitrogen and oxygen atoms in total. The third-order valence-corrected chi connectivity index (χ3v) is 5.24. The number of hydrogen-bond acceptors (Lipinski definition) is 3. The molecule has 3 heteroatoms. The minimum atomic E-state index is -0.932. The van der Waals surface area contributed by atoms with Crippen LogP contribution in [0.4, 0.5) is 0 Å². The first-order valence-electron chi connectivity index (χ1n) is 7.66. The number of aliphatic hydroxyl groups excluding tert-OH is 1. The third kappa shape index (κ3) is 1.30. The average molecular weight is 292 g/mol. The zero-order valence-electron chi connectivity index (χ0n) is 12.0. The van der Waals surface area contributed by atoms with Crippen molar-refractivity contribution in [3.05, 3.63) is 60.7 Å². The van der Waals surface area contributed by atoms with E-state index in [0.29, 0.717) is 0 Å². The highest BCUT2D eigenvalue weighted by Crippen LogP contribution is 2.56. The second-order valence-corrected chi connectivity index (χ2v) is 6.32. The lowest BCUT2D eigenvalue weighted by Gasteiger charge is -2.46. The molecule has 1 atom stereocenters. The molecule has 5 rings (SSSR count). The van der Waals surface area contributed by atoms with Crippen molar-refractivity contribution in [3.63, 3.8) is 0 Å². The molecule has 2 aromatic carbocycles. The first-order chi connectivity index (χ1) is 10.7. The van der Waals surface area contributed by atoms with Crippen LogP contribution in [-0.4, -0.2) is 17.0 Å². The van der Waals surface area contributed by atoms with E-state index in [-0.39, 0.29) is 0 Å². The molecule has 22 heavy (non-hydrogen) atoms. The highest BCUT2D eigenvalue weighted by molar-refractivity contribution is 5.94. The van der Waals surface area contributed by atoms with E-state index in [1.54, 1.807) is 6.08 Å². The van der Waals surface area contributed by atoms with Crippen LogP contribution < -0.4 is 9.47 Å². The van der Waals surface area contributed by atoms with Gasteiger partial charge in [-0.2, -0.15) is 0 Å². The van der Waals surface area contributed by atoms with Crippen molar-refractivity contribution in [3.8, 4) is 11.5 Å². The Morgan fingerprint density at radius 3 is 2.23 bits per heavy atom. The highest BCUT2D eigenvalue weighted by atomic mass is 16.7. The van der Waals surface area contributed by atoms with Gasteiger partial charge in [0.1, 0.15) is 11.5 Å². The molecule has 2 spiro atoms. The maximum atomic E-state index is 10.6. The van der Waals surface area contributed by atoms with Crippen LogP contribution in [0.5, 0.6) is 11.5 Å². The summed E-state index contributed by atoms with van der Waals surface area (Å²) in [5.74, 6) is 0.715. The van der Waals surface area contributed by atoms with E-state index in [2.05, 4.69) is 24.3 Å². The molecule has 0 aromatic heterocycles. The zero-order chi connectivity index (χ0) is 14.8. The Balaban J connectivity index is 1.72. The van der Waals surface area contributed by atoms with Crippen LogP contribution in [0.2, 0.25) is 0 Å². The van der Waals surface area contributed by atoms with E-state index in [4.69, 9.17) is 9.47 Å². The molecule has 2 aromatic rings. The molecule has 110 valence electrons. The Morgan fingerprint density at radius 2 is 1.59 bits per heavy atom. The highest BCUT2D eigenvalue weighted by Gasteiger charge is 2.62. The van der Waals surface area contributed by atoms with Gasteiger partial charge >= 0.3 is 0 Å². The van der Waals surface area contributed by atoms with Gasteiger partial charge in [0.2, 0.25) is 0 Å². The van der Waals surface area contributed by atoms with Gasteiger partial charge < -0.3 is 14.6 Å². The van der Waals surface area contributed by atoms with Gasteiger partial charge in [-0.1, -0.05) is 42.5 Å². The van der Waals surface area contributed by atoms with Crippen LogP contribution in [0.25, 0.3) is 10.8 Å². The Morgan fingerprint density at radius 1 is 0.955 bits per heavy atom. The fourth-order valence-electron chi connectivity index (χ4n) is 4.03. The van der Waals surface area contributed by atoms with E-state index >= 15 is 0 Å². The number of fused-ring (bicyclic) bond motifs is 1. The van der Waals surface area contributed by atoms with Crippen LogP contribution in [0, 0.1) is 5.41 Å². The minimum Gasteiger partial charge on any atom is -0.447 e. The Bertz CT molecular complexity index is 785. The van der Waals surface area contributed by atoms with E-state index in [9.17, 15) is 5.11 Å². The molecule has 3 aliphatic rings. The lowest BCUT2D eigenvalue weighted by Crippen LogP contribution is -2.57. The van der Waals surface area contributed by atoms with Gasteiger partial charge in [0.15, 0.2) is 0 Å². The number of hydrogen-bond donors (Lipinski definition) is 1. The maximum absolute atomic E-state index is 10.6. The van der Waals surface area contributed by atoms with Gasteiger partial charge in [0.05, 0.1) is 16.9 Å². The Labute approximate surface area is 128 Å². The Kier molecular flexibility index (Phi) is 2.20. The molecule has 1 unspecified atom stereocenters. The molecular formula is C19H16O3. The van der Waals surface area contributed by atoms with Crippen molar-refractivity contribution < 1.29 is 14.6 Å². The van der Waals surface area contributed by atoms with Crippen molar-refractivity contribution in [2.75, 3.05) is 0 Å². The zero-order valence-corrected chi connectivity index (χ0v) is 12.0. The molecule has 1 aliphatic heterocycles. The number of ether oxygens (including phenoxy) is 2. The van der Waals surface area contributed by atoms with E-state index in [1.165, 1.54) is 0 Å². The molecule has 0 saturated carbocycles. The molecule has 0 amide bonds. The smallest absolute Gasteiger partial charge is 0.280 e.